The summed E-state index contributed by atoms with van der Waals surface area (Å²) < 4.78 is 15.0. The minimum atomic E-state index is -1.23. The summed E-state index contributed by atoms with van der Waals surface area (Å²) in [6, 6.07) is 9.37. The van der Waals surface area contributed by atoms with E-state index in [0.717, 1.165) is 12.7 Å². The zero-order valence-electron chi connectivity index (χ0n) is 14.0. The number of benzene rings is 1. The summed E-state index contributed by atoms with van der Waals surface area (Å²) in [6.07, 6.45) is 0.703. The molecule has 1 aromatic carbocycles. The monoisotopic (exact) mass is 359 g/mol. The molecular weight excluding hydrogens is 342 g/mol. The summed E-state index contributed by atoms with van der Waals surface area (Å²) in [6.45, 7) is 0. The number of carbonyl (C=O) groups excluding carboxylic acids is 2. The Morgan fingerprint density at radius 2 is 2.08 bits per heavy atom. The highest BCUT2D eigenvalue weighted by Crippen LogP contribution is 2.39. The number of methoxy groups -OCH3 is 1. The van der Waals surface area contributed by atoms with Crippen LogP contribution in [0.3, 0.4) is 0 Å². The van der Waals surface area contributed by atoms with Crippen LogP contribution in [0.1, 0.15) is 18.4 Å². The predicted molar refractivity (Wildman–Crippen MR) is 88.4 cm³/mol. The fourth-order valence-corrected chi connectivity index (χ4v) is 2.75. The van der Waals surface area contributed by atoms with Crippen molar-refractivity contribution in [3.63, 3.8) is 0 Å². The lowest BCUT2D eigenvalue weighted by Crippen LogP contribution is -2.53. The van der Waals surface area contributed by atoms with Crippen LogP contribution in [0.5, 0.6) is 0 Å². The van der Waals surface area contributed by atoms with Gasteiger partial charge < -0.3 is 19.3 Å². The first-order valence-corrected chi connectivity index (χ1v) is 7.91. The van der Waals surface area contributed by atoms with Gasteiger partial charge in [0.1, 0.15) is 0 Å². The molecular formula is C18H17NO7. The van der Waals surface area contributed by atoms with Gasteiger partial charge in [-0.05, 0) is 5.56 Å². The SMILES string of the molecule is COC(=O)OC1C(=C(CC=Cc2ccccc2)C(=O)O)OC2CC(=O)N21. The van der Waals surface area contributed by atoms with Crippen molar-refractivity contribution in [3.05, 3.63) is 53.3 Å². The van der Waals surface area contributed by atoms with Gasteiger partial charge in [0.2, 0.25) is 12.1 Å². The molecule has 1 N–H and O–H groups in total. The van der Waals surface area contributed by atoms with E-state index in [4.69, 9.17) is 9.47 Å². The highest BCUT2D eigenvalue weighted by Gasteiger charge is 2.54. The molecule has 0 aromatic heterocycles. The standard InChI is InChI=1S/C18H17NO7/c1-24-18(23)26-16-15(25-14-10-13(20)19(14)16)12(17(21)22)9-5-8-11-6-3-2-4-7-11/h2-8,14,16H,9-10H2,1H3,(H,21,22). The number of hydrogen-bond acceptors (Lipinski definition) is 6. The van der Waals surface area contributed by atoms with Crippen molar-refractivity contribution in [2.75, 3.05) is 7.11 Å². The van der Waals surface area contributed by atoms with Crippen LogP contribution < -0.4 is 0 Å². The summed E-state index contributed by atoms with van der Waals surface area (Å²) in [5.41, 5.74) is 0.823. The molecule has 1 aromatic rings. The summed E-state index contributed by atoms with van der Waals surface area (Å²) in [5.74, 6) is -1.56. The fraction of sp³-hybridized carbons (Fsp3) is 0.278. The molecule has 2 unspecified atom stereocenters. The smallest absolute Gasteiger partial charge is 0.478 e. The number of rotatable bonds is 5. The number of carboxylic acid groups (broad SMARTS) is 1. The molecule has 0 spiro atoms. The van der Waals surface area contributed by atoms with Crippen LogP contribution in [-0.2, 0) is 23.8 Å². The van der Waals surface area contributed by atoms with Crippen molar-refractivity contribution in [2.24, 2.45) is 0 Å². The number of amides is 1. The Balaban J connectivity index is 1.86. The fourth-order valence-electron chi connectivity index (χ4n) is 2.75. The van der Waals surface area contributed by atoms with Gasteiger partial charge in [0, 0.05) is 6.42 Å². The Bertz CT molecular complexity index is 784. The molecule has 136 valence electrons. The number of allylic oxidation sites excluding steroid dienone is 1. The van der Waals surface area contributed by atoms with Gasteiger partial charge in [-0.15, -0.1) is 0 Å². The van der Waals surface area contributed by atoms with E-state index in [0.29, 0.717) is 0 Å². The average molecular weight is 359 g/mol. The highest BCUT2D eigenvalue weighted by molar-refractivity contribution is 5.89. The van der Waals surface area contributed by atoms with Gasteiger partial charge in [0.25, 0.3) is 0 Å². The average Bonchev–Trinajstić information content (AvgIpc) is 2.90. The van der Waals surface area contributed by atoms with Crippen molar-refractivity contribution in [2.45, 2.75) is 25.3 Å². The van der Waals surface area contributed by atoms with Crippen LogP contribution in [0.4, 0.5) is 4.79 Å². The minimum absolute atomic E-state index is 0.0370. The maximum atomic E-state index is 11.8. The van der Waals surface area contributed by atoms with Crippen LogP contribution >= 0.6 is 0 Å². The molecule has 8 heteroatoms. The molecule has 2 atom stereocenters. The number of nitrogens with zero attached hydrogens (tertiary/aromatic N) is 1. The Morgan fingerprint density at radius 1 is 1.35 bits per heavy atom. The van der Waals surface area contributed by atoms with Crippen LogP contribution in [-0.4, -0.2) is 47.6 Å². The van der Waals surface area contributed by atoms with E-state index in [1.54, 1.807) is 12.2 Å². The number of carboxylic acids is 1. The molecule has 8 nitrogen and oxygen atoms in total. The summed E-state index contributed by atoms with van der Waals surface area (Å²) in [4.78, 5) is 36.1. The van der Waals surface area contributed by atoms with E-state index < -0.39 is 24.6 Å². The lowest BCUT2D eigenvalue weighted by molar-refractivity contribution is -0.164. The number of carbonyl (C=O) groups is 3. The summed E-state index contributed by atoms with van der Waals surface area (Å²) in [7, 11) is 1.12. The second-order valence-corrected chi connectivity index (χ2v) is 5.67. The van der Waals surface area contributed by atoms with E-state index >= 15 is 0 Å². The number of aliphatic carboxylic acids is 1. The first-order chi connectivity index (χ1) is 12.5. The highest BCUT2D eigenvalue weighted by atomic mass is 16.7. The Kier molecular flexibility index (Phi) is 4.92. The third kappa shape index (κ3) is 3.39. The van der Waals surface area contributed by atoms with Crippen LogP contribution in [0.15, 0.2) is 47.7 Å². The first kappa shape index (κ1) is 17.5. The zero-order chi connectivity index (χ0) is 18.7. The molecule has 1 amide bonds. The number of hydrogen-bond donors (Lipinski definition) is 1. The van der Waals surface area contributed by atoms with Gasteiger partial charge in [-0.3, -0.25) is 9.69 Å². The van der Waals surface area contributed by atoms with Crippen LogP contribution in [0, 0.1) is 0 Å². The zero-order valence-corrected chi connectivity index (χ0v) is 14.0. The van der Waals surface area contributed by atoms with Gasteiger partial charge in [-0.1, -0.05) is 42.5 Å². The summed E-state index contributed by atoms with van der Waals surface area (Å²) in [5, 5.41) is 9.55. The Labute approximate surface area is 149 Å². The Hall–Kier alpha value is -3.29. The van der Waals surface area contributed by atoms with E-state index in [-0.39, 0.29) is 30.1 Å². The lowest BCUT2D eigenvalue weighted by atomic mass is 10.1. The number of fused-ring (bicyclic) bond motifs is 1. The number of ether oxygens (including phenoxy) is 3. The Morgan fingerprint density at radius 3 is 2.69 bits per heavy atom. The van der Waals surface area contributed by atoms with E-state index in [9.17, 15) is 19.5 Å². The second-order valence-electron chi connectivity index (χ2n) is 5.67. The van der Waals surface area contributed by atoms with Gasteiger partial charge in [0.05, 0.1) is 19.1 Å². The maximum absolute atomic E-state index is 11.8. The molecule has 2 aliphatic rings. The van der Waals surface area contributed by atoms with Gasteiger partial charge in [-0.2, -0.15) is 0 Å². The molecule has 26 heavy (non-hydrogen) atoms. The topological polar surface area (TPSA) is 102 Å². The molecule has 0 saturated carbocycles. The number of β-lactam (4-membered cyclic amide) rings is 1. The van der Waals surface area contributed by atoms with Gasteiger partial charge in [0.15, 0.2) is 12.0 Å². The molecule has 2 saturated heterocycles. The van der Waals surface area contributed by atoms with Gasteiger partial charge >= 0.3 is 12.1 Å². The van der Waals surface area contributed by atoms with Crippen molar-refractivity contribution in [3.8, 4) is 0 Å². The normalized spacial score (nSPS) is 23.1. The quantitative estimate of drug-likeness (QED) is 0.488. The molecule has 0 bridgehead atoms. The molecule has 2 aliphatic heterocycles. The molecule has 2 heterocycles. The van der Waals surface area contributed by atoms with Crippen molar-refractivity contribution in [1.82, 2.24) is 4.90 Å². The molecule has 0 radical (unpaired) electrons. The maximum Gasteiger partial charge on any atom is 0.510 e. The predicted octanol–water partition coefficient (Wildman–Crippen LogP) is 2.13. The lowest BCUT2D eigenvalue weighted by Gasteiger charge is -2.33. The third-order valence-electron chi connectivity index (χ3n) is 4.05. The van der Waals surface area contributed by atoms with Crippen molar-refractivity contribution < 1.29 is 33.7 Å². The minimum Gasteiger partial charge on any atom is -0.478 e. The van der Waals surface area contributed by atoms with Crippen molar-refractivity contribution in [1.29, 1.82) is 0 Å². The molecule has 0 aliphatic carbocycles. The second kappa shape index (κ2) is 7.30. The van der Waals surface area contributed by atoms with Crippen molar-refractivity contribution >= 4 is 24.1 Å². The summed E-state index contributed by atoms with van der Waals surface area (Å²) >= 11 is 0. The first-order valence-electron chi connectivity index (χ1n) is 7.91. The van der Waals surface area contributed by atoms with Gasteiger partial charge in [-0.25, -0.2) is 9.59 Å². The molecule has 3 rings (SSSR count). The van der Waals surface area contributed by atoms with Crippen LogP contribution in [0.25, 0.3) is 6.08 Å². The van der Waals surface area contributed by atoms with E-state index in [1.165, 1.54) is 4.90 Å². The van der Waals surface area contributed by atoms with E-state index in [1.807, 2.05) is 30.3 Å². The van der Waals surface area contributed by atoms with E-state index in [2.05, 4.69) is 4.74 Å². The van der Waals surface area contributed by atoms with Crippen LogP contribution in [0.2, 0.25) is 0 Å². The largest absolute Gasteiger partial charge is 0.510 e. The molecule has 2 fully saturated rings. The third-order valence-corrected chi connectivity index (χ3v) is 4.05.